The molecule has 0 aromatic carbocycles. The van der Waals surface area contributed by atoms with Gasteiger partial charge < -0.3 is 10.6 Å². The molecule has 2 N–H and O–H groups in total. The third-order valence-electron chi connectivity index (χ3n) is 3.65. The van der Waals surface area contributed by atoms with Gasteiger partial charge in [0.25, 0.3) is 0 Å². The minimum atomic E-state index is 0.472. The summed E-state index contributed by atoms with van der Waals surface area (Å²) in [5, 5.41) is 7.12. The van der Waals surface area contributed by atoms with Gasteiger partial charge in [-0.25, -0.2) is 0 Å². The highest BCUT2D eigenvalue weighted by Gasteiger charge is 2.40. The first-order chi connectivity index (χ1) is 6.49. The van der Waals surface area contributed by atoms with Gasteiger partial charge in [0.2, 0.25) is 0 Å². The Morgan fingerprint density at radius 2 is 1.93 bits per heavy atom. The molecule has 2 aliphatic rings. The summed E-state index contributed by atoms with van der Waals surface area (Å²) in [4.78, 5) is 0. The van der Waals surface area contributed by atoms with Crippen molar-refractivity contribution in [2.24, 2.45) is 10.8 Å². The molecule has 2 fully saturated rings. The molecule has 2 rings (SSSR count). The van der Waals surface area contributed by atoms with Crippen molar-refractivity contribution in [3.63, 3.8) is 0 Å². The van der Waals surface area contributed by atoms with Crippen LogP contribution in [0.5, 0.6) is 0 Å². The van der Waals surface area contributed by atoms with Crippen molar-refractivity contribution in [1.29, 1.82) is 0 Å². The summed E-state index contributed by atoms with van der Waals surface area (Å²) < 4.78 is 0. The van der Waals surface area contributed by atoms with Gasteiger partial charge in [0.05, 0.1) is 0 Å². The topological polar surface area (TPSA) is 24.1 Å². The van der Waals surface area contributed by atoms with Crippen LogP contribution >= 0.6 is 0 Å². The smallest absolute Gasteiger partial charge is 0.00779 e. The first kappa shape index (κ1) is 10.4. The summed E-state index contributed by atoms with van der Waals surface area (Å²) in [5.74, 6) is 0. The number of nitrogens with one attached hydrogen (secondary N) is 2. The summed E-state index contributed by atoms with van der Waals surface area (Å²) in [7, 11) is 0. The monoisotopic (exact) mass is 196 g/mol. The van der Waals surface area contributed by atoms with Crippen LogP contribution in [0.4, 0.5) is 0 Å². The van der Waals surface area contributed by atoms with Gasteiger partial charge in [0.1, 0.15) is 0 Å². The third-order valence-corrected chi connectivity index (χ3v) is 3.65. The molecule has 2 nitrogen and oxygen atoms in total. The second kappa shape index (κ2) is 3.49. The summed E-state index contributed by atoms with van der Waals surface area (Å²) in [6.45, 7) is 10.7. The lowest BCUT2D eigenvalue weighted by atomic mass is 9.72. The van der Waals surface area contributed by atoms with Crippen molar-refractivity contribution in [3.05, 3.63) is 0 Å². The summed E-state index contributed by atoms with van der Waals surface area (Å²) in [6.07, 6.45) is 4.11. The van der Waals surface area contributed by atoms with Crippen molar-refractivity contribution in [2.75, 3.05) is 19.6 Å². The van der Waals surface area contributed by atoms with Crippen molar-refractivity contribution in [1.82, 2.24) is 10.6 Å². The number of hydrogen-bond acceptors (Lipinski definition) is 2. The van der Waals surface area contributed by atoms with Gasteiger partial charge in [-0.3, -0.25) is 0 Å². The van der Waals surface area contributed by atoms with E-state index < -0.39 is 0 Å². The van der Waals surface area contributed by atoms with E-state index in [0.29, 0.717) is 10.8 Å². The van der Waals surface area contributed by atoms with E-state index >= 15 is 0 Å². The lowest BCUT2D eigenvalue weighted by Gasteiger charge is -2.48. The molecule has 0 saturated carbocycles. The highest BCUT2D eigenvalue weighted by Crippen LogP contribution is 2.34. The Morgan fingerprint density at radius 3 is 2.29 bits per heavy atom. The van der Waals surface area contributed by atoms with Crippen molar-refractivity contribution in [3.8, 4) is 0 Å². The van der Waals surface area contributed by atoms with Crippen LogP contribution in [0.1, 0.15) is 40.0 Å². The molecule has 2 heteroatoms. The zero-order valence-electron chi connectivity index (χ0n) is 9.82. The first-order valence-corrected chi connectivity index (χ1v) is 5.93. The van der Waals surface area contributed by atoms with Gasteiger partial charge in [-0.1, -0.05) is 20.8 Å². The maximum Gasteiger partial charge on any atom is 0.00779 e. The van der Waals surface area contributed by atoms with Crippen LogP contribution in [0.25, 0.3) is 0 Å². The van der Waals surface area contributed by atoms with Crippen LogP contribution in [0.15, 0.2) is 0 Å². The van der Waals surface area contributed by atoms with Crippen LogP contribution in [-0.4, -0.2) is 25.7 Å². The minimum Gasteiger partial charge on any atom is -0.315 e. The maximum atomic E-state index is 3.73. The summed E-state index contributed by atoms with van der Waals surface area (Å²) >= 11 is 0. The molecule has 2 heterocycles. The molecule has 0 amide bonds. The summed E-state index contributed by atoms with van der Waals surface area (Å²) in [6, 6.07) is 0.765. The van der Waals surface area contributed by atoms with Gasteiger partial charge in [-0.2, -0.15) is 0 Å². The fourth-order valence-electron chi connectivity index (χ4n) is 2.73. The molecular weight excluding hydrogens is 172 g/mol. The molecule has 2 saturated heterocycles. The van der Waals surface area contributed by atoms with Crippen LogP contribution in [-0.2, 0) is 0 Å². The van der Waals surface area contributed by atoms with Crippen molar-refractivity contribution < 1.29 is 0 Å². The van der Waals surface area contributed by atoms with Gasteiger partial charge in [-0.05, 0) is 24.7 Å². The average Bonchev–Trinajstić information content (AvgIpc) is 2.00. The van der Waals surface area contributed by atoms with E-state index in [1.807, 2.05) is 0 Å². The number of hydrogen-bond donors (Lipinski definition) is 2. The molecule has 0 bridgehead atoms. The Hall–Kier alpha value is -0.0800. The molecule has 0 radical (unpaired) electrons. The SMILES string of the molecule is CC(C)(C)CC1CCC2(CNC2)CN1. The Labute approximate surface area is 87.8 Å². The Morgan fingerprint density at radius 1 is 1.21 bits per heavy atom. The Balaban J connectivity index is 1.78. The van der Waals surface area contributed by atoms with Crippen LogP contribution in [0.3, 0.4) is 0 Å². The normalized spacial score (nSPS) is 31.5. The van der Waals surface area contributed by atoms with Crippen LogP contribution < -0.4 is 10.6 Å². The highest BCUT2D eigenvalue weighted by molar-refractivity contribution is 4.98. The van der Waals surface area contributed by atoms with Crippen molar-refractivity contribution >= 4 is 0 Å². The molecule has 0 aromatic heterocycles. The predicted octanol–water partition coefficient (Wildman–Crippen LogP) is 1.76. The molecule has 82 valence electrons. The van der Waals surface area contributed by atoms with Crippen LogP contribution in [0, 0.1) is 10.8 Å². The molecule has 0 aliphatic carbocycles. The van der Waals surface area contributed by atoms with E-state index in [4.69, 9.17) is 0 Å². The van der Waals surface area contributed by atoms with E-state index in [1.165, 1.54) is 38.9 Å². The van der Waals surface area contributed by atoms with E-state index in [1.54, 1.807) is 0 Å². The van der Waals surface area contributed by atoms with Gasteiger partial charge >= 0.3 is 0 Å². The molecule has 1 atom stereocenters. The molecule has 14 heavy (non-hydrogen) atoms. The average molecular weight is 196 g/mol. The fraction of sp³-hybridized carbons (Fsp3) is 1.00. The zero-order valence-corrected chi connectivity index (χ0v) is 9.82. The van der Waals surface area contributed by atoms with E-state index in [-0.39, 0.29) is 0 Å². The van der Waals surface area contributed by atoms with Crippen LogP contribution in [0.2, 0.25) is 0 Å². The summed E-state index contributed by atoms with van der Waals surface area (Å²) in [5.41, 5.74) is 1.11. The maximum absolute atomic E-state index is 3.73. The van der Waals surface area contributed by atoms with Gasteiger partial charge in [0.15, 0.2) is 0 Å². The molecule has 0 aromatic rings. The lowest BCUT2D eigenvalue weighted by molar-refractivity contribution is 0.0928. The Bertz CT molecular complexity index is 191. The molecular formula is C12H24N2. The molecule has 2 aliphatic heterocycles. The number of piperidine rings is 1. The predicted molar refractivity (Wildman–Crippen MR) is 60.4 cm³/mol. The standard InChI is InChI=1S/C12H24N2/c1-11(2,3)6-10-4-5-12(9-14-10)7-13-8-12/h10,13-14H,4-9H2,1-3H3. The van der Waals surface area contributed by atoms with E-state index in [9.17, 15) is 0 Å². The number of rotatable bonds is 1. The third kappa shape index (κ3) is 2.29. The van der Waals surface area contributed by atoms with E-state index in [0.717, 1.165) is 6.04 Å². The first-order valence-electron chi connectivity index (χ1n) is 5.93. The van der Waals surface area contributed by atoms with Gasteiger partial charge in [-0.15, -0.1) is 0 Å². The van der Waals surface area contributed by atoms with E-state index in [2.05, 4.69) is 31.4 Å². The van der Waals surface area contributed by atoms with Crippen molar-refractivity contribution in [2.45, 2.75) is 46.1 Å². The quantitative estimate of drug-likeness (QED) is 0.668. The lowest BCUT2D eigenvalue weighted by Crippen LogP contribution is -2.62. The highest BCUT2D eigenvalue weighted by atomic mass is 15.1. The fourth-order valence-corrected chi connectivity index (χ4v) is 2.73. The second-order valence-corrected chi connectivity index (χ2v) is 6.48. The molecule has 1 spiro atoms. The second-order valence-electron chi connectivity index (χ2n) is 6.48. The zero-order chi connectivity index (χ0) is 10.2. The minimum absolute atomic E-state index is 0.472. The van der Waals surface area contributed by atoms with Gasteiger partial charge in [0, 0.05) is 31.1 Å². The molecule has 1 unspecified atom stereocenters. The Kier molecular flexibility index (Phi) is 2.61. The largest absolute Gasteiger partial charge is 0.315 e.